The van der Waals surface area contributed by atoms with Crippen LogP contribution in [0.25, 0.3) is 28.1 Å². The summed E-state index contributed by atoms with van der Waals surface area (Å²) in [4.78, 5) is 25.6. The third-order valence-electron chi connectivity index (χ3n) is 5.84. The van der Waals surface area contributed by atoms with Crippen LogP contribution in [0.5, 0.6) is 0 Å². The highest BCUT2D eigenvalue weighted by Crippen LogP contribution is 2.29. The van der Waals surface area contributed by atoms with Gasteiger partial charge in [-0.3, -0.25) is 4.79 Å². The number of fused-ring (bicyclic) bond motifs is 1. The van der Waals surface area contributed by atoms with Crippen molar-refractivity contribution in [1.29, 1.82) is 0 Å². The molecule has 8 nitrogen and oxygen atoms in total. The number of nitrogens with zero attached hydrogens (tertiary/aromatic N) is 4. The Hall–Kier alpha value is -4.30. The van der Waals surface area contributed by atoms with Gasteiger partial charge in [0.25, 0.3) is 5.91 Å². The second-order valence-electron chi connectivity index (χ2n) is 8.18. The molecule has 0 radical (unpaired) electrons. The fraction of sp³-hybridized carbons (Fsp3) is 0.154. The lowest BCUT2D eigenvalue weighted by molar-refractivity contribution is 0.101. The van der Waals surface area contributed by atoms with E-state index in [9.17, 15) is 4.79 Å². The lowest BCUT2D eigenvalue weighted by Gasteiger charge is -2.05. The predicted octanol–water partition coefficient (Wildman–Crippen LogP) is 4.91. The number of carbonyl (C=O) groups is 1. The fourth-order valence-corrected chi connectivity index (χ4v) is 4.17. The molecule has 0 spiro atoms. The van der Waals surface area contributed by atoms with Crippen LogP contribution in [0.3, 0.4) is 0 Å². The zero-order chi connectivity index (χ0) is 22.9. The molecular formula is C26H22N6O2. The summed E-state index contributed by atoms with van der Waals surface area (Å²) < 4.78 is 7.42. The molecule has 34 heavy (non-hydrogen) atoms. The number of benzene rings is 3. The summed E-state index contributed by atoms with van der Waals surface area (Å²) in [5, 5.41) is 7.44. The number of nitrogens with one attached hydrogen (secondary N) is 2. The predicted molar refractivity (Wildman–Crippen MR) is 129 cm³/mol. The minimum Gasteiger partial charge on any atom is -0.370 e. The lowest BCUT2D eigenvalue weighted by Crippen LogP contribution is -2.14. The molecule has 2 N–H and O–H groups in total. The largest absolute Gasteiger partial charge is 0.370 e. The number of ether oxygens (including phenoxy) is 1. The molecular weight excluding hydrogens is 428 g/mol. The van der Waals surface area contributed by atoms with Crippen molar-refractivity contribution in [2.75, 3.05) is 11.9 Å². The number of carbonyl (C=O) groups excluding carboxylic acids is 1. The molecule has 1 aliphatic rings. The molecule has 0 bridgehead atoms. The number of rotatable bonds is 5. The minimum absolute atomic E-state index is 0.00741. The van der Waals surface area contributed by atoms with Gasteiger partial charge in [0.1, 0.15) is 11.9 Å². The van der Waals surface area contributed by atoms with E-state index >= 15 is 0 Å². The smallest absolute Gasteiger partial charge is 0.295 e. The highest BCUT2D eigenvalue weighted by Gasteiger charge is 2.22. The van der Waals surface area contributed by atoms with Crippen LogP contribution in [0, 0.1) is 0 Å². The van der Waals surface area contributed by atoms with Crippen LogP contribution >= 0.6 is 0 Å². The maximum atomic E-state index is 13.1. The minimum atomic E-state index is -0.384. The van der Waals surface area contributed by atoms with E-state index in [-0.39, 0.29) is 17.8 Å². The molecule has 8 heteroatoms. The van der Waals surface area contributed by atoms with Crippen molar-refractivity contribution in [3.8, 4) is 17.1 Å². The number of amides is 1. The first kappa shape index (κ1) is 20.3. The highest BCUT2D eigenvalue weighted by atomic mass is 16.5. The molecule has 3 heterocycles. The van der Waals surface area contributed by atoms with Gasteiger partial charge in [-0.15, -0.1) is 5.10 Å². The normalized spacial score (nSPS) is 15.6. The summed E-state index contributed by atoms with van der Waals surface area (Å²) in [6.07, 6.45) is 2.01. The Morgan fingerprint density at radius 2 is 1.79 bits per heavy atom. The van der Waals surface area contributed by atoms with Crippen molar-refractivity contribution >= 4 is 22.6 Å². The molecule has 3 aromatic carbocycles. The van der Waals surface area contributed by atoms with E-state index in [1.165, 1.54) is 0 Å². The molecule has 168 valence electrons. The summed E-state index contributed by atoms with van der Waals surface area (Å²) in [5.41, 5.74) is 4.02. The summed E-state index contributed by atoms with van der Waals surface area (Å²) in [6, 6.07) is 24.9. The Morgan fingerprint density at radius 1 is 1.00 bits per heavy atom. The Kier molecular flexibility index (Phi) is 5.12. The second-order valence-corrected chi connectivity index (χ2v) is 8.18. The number of H-pyrrole nitrogens is 1. The molecule has 0 saturated carbocycles. The molecule has 5 aromatic rings. The highest BCUT2D eigenvalue weighted by molar-refractivity contribution is 6.02. The Bertz CT molecular complexity index is 1400. The average Bonchev–Trinajstić information content (AvgIpc) is 3.64. The third-order valence-corrected chi connectivity index (χ3v) is 5.84. The van der Waals surface area contributed by atoms with Crippen LogP contribution in [0.1, 0.15) is 35.4 Å². The molecule has 1 atom stereocenters. The van der Waals surface area contributed by atoms with Gasteiger partial charge in [0.05, 0.1) is 16.7 Å². The van der Waals surface area contributed by atoms with E-state index in [0.717, 1.165) is 47.6 Å². The van der Waals surface area contributed by atoms with Crippen LogP contribution in [0.15, 0.2) is 78.9 Å². The van der Waals surface area contributed by atoms with Gasteiger partial charge in [-0.05, 0) is 43.2 Å². The summed E-state index contributed by atoms with van der Waals surface area (Å²) in [7, 11) is 0. The number of anilines is 1. The maximum Gasteiger partial charge on any atom is 0.295 e. The van der Waals surface area contributed by atoms with Crippen LogP contribution in [-0.2, 0) is 4.74 Å². The first-order chi connectivity index (χ1) is 16.7. The Labute approximate surface area is 195 Å². The Morgan fingerprint density at radius 3 is 2.56 bits per heavy atom. The SMILES string of the molecule is O=C(Nc1ccc2nc(C3CCCO3)[nH]c2c1)c1nc(-c2ccccc2)n(-c2ccccc2)n1. The van der Waals surface area contributed by atoms with Gasteiger partial charge in [-0.1, -0.05) is 48.5 Å². The van der Waals surface area contributed by atoms with E-state index in [1.807, 2.05) is 78.9 Å². The number of para-hydroxylation sites is 1. The standard InChI is InChI=1S/C26H22N6O2/c33-26(27-18-13-14-20-21(16-18)29-23(28-20)22-12-7-15-34-22)24-30-25(17-8-3-1-4-9-17)32(31-24)19-10-5-2-6-11-19/h1-6,8-11,13-14,16,22H,7,12,15H2,(H,27,33)(H,28,29). The Balaban J connectivity index is 1.30. The van der Waals surface area contributed by atoms with Gasteiger partial charge in [0.15, 0.2) is 5.82 Å². The molecule has 1 unspecified atom stereocenters. The fourth-order valence-electron chi connectivity index (χ4n) is 4.17. The summed E-state index contributed by atoms with van der Waals surface area (Å²) in [6.45, 7) is 0.761. The maximum absolute atomic E-state index is 13.1. The average molecular weight is 451 g/mol. The van der Waals surface area contributed by atoms with E-state index in [2.05, 4.69) is 25.4 Å². The number of hydrogen-bond donors (Lipinski definition) is 2. The number of imidazole rings is 1. The van der Waals surface area contributed by atoms with Gasteiger partial charge in [-0.2, -0.15) is 0 Å². The van der Waals surface area contributed by atoms with Crippen molar-refractivity contribution in [2.45, 2.75) is 18.9 Å². The van der Waals surface area contributed by atoms with Crippen LogP contribution in [0.4, 0.5) is 5.69 Å². The van der Waals surface area contributed by atoms with E-state index in [4.69, 9.17) is 4.74 Å². The number of aromatic nitrogens is 5. The zero-order valence-electron chi connectivity index (χ0n) is 18.3. The molecule has 2 aromatic heterocycles. The van der Waals surface area contributed by atoms with Gasteiger partial charge < -0.3 is 15.0 Å². The van der Waals surface area contributed by atoms with Crippen molar-refractivity contribution in [3.05, 3.63) is 90.5 Å². The number of aromatic amines is 1. The lowest BCUT2D eigenvalue weighted by atomic mass is 10.2. The third kappa shape index (κ3) is 3.84. The second kappa shape index (κ2) is 8.57. The first-order valence-electron chi connectivity index (χ1n) is 11.3. The van der Waals surface area contributed by atoms with Gasteiger partial charge in [-0.25, -0.2) is 14.6 Å². The topological polar surface area (TPSA) is 97.7 Å². The van der Waals surface area contributed by atoms with E-state index in [0.29, 0.717) is 11.5 Å². The summed E-state index contributed by atoms with van der Waals surface area (Å²) >= 11 is 0. The van der Waals surface area contributed by atoms with Gasteiger partial charge >= 0.3 is 0 Å². The van der Waals surface area contributed by atoms with Crippen molar-refractivity contribution in [3.63, 3.8) is 0 Å². The van der Waals surface area contributed by atoms with Gasteiger partial charge in [0.2, 0.25) is 5.82 Å². The summed E-state index contributed by atoms with van der Waals surface area (Å²) in [5.74, 6) is 1.13. The molecule has 1 amide bonds. The zero-order valence-corrected chi connectivity index (χ0v) is 18.3. The van der Waals surface area contributed by atoms with Crippen LogP contribution < -0.4 is 5.32 Å². The first-order valence-corrected chi connectivity index (χ1v) is 11.3. The molecule has 1 fully saturated rings. The monoisotopic (exact) mass is 450 g/mol. The molecule has 1 aliphatic heterocycles. The van der Waals surface area contributed by atoms with Crippen molar-refractivity contribution < 1.29 is 9.53 Å². The van der Waals surface area contributed by atoms with Crippen LogP contribution in [-0.4, -0.2) is 37.2 Å². The van der Waals surface area contributed by atoms with Crippen molar-refractivity contribution in [1.82, 2.24) is 24.7 Å². The van der Waals surface area contributed by atoms with Crippen molar-refractivity contribution in [2.24, 2.45) is 0 Å². The van der Waals surface area contributed by atoms with E-state index < -0.39 is 0 Å². The number of hydrogen-bond acceptors (Lipinski definition) is 5. The van der Waals surface area contributed by atoms with E-state index in [1.54, 1.807) is 4.68 Å². The molecule has 6 rings (SSSR count). The van der Waals surface area contributed by atoms with Crippen LogP contribution in [0.2, 0.25) is 0 Å². The molecule has 1 saturated heterocycles. The quantitative estimate of drug-likeness (QED) is 0.396. The van der Waals surface area contributed by atoms with Gasteiger partial charge in [0, 0.05) is 17.9 Å². The molecule has 0 aliphatic carbocycles.